The zero-order valence-electron chi connectivity index (χ0n) is 13.8. The number of hydrogen-bond acceptors (Lipinski definition) is 2. The molecule has 0 aliphatic carbocycles. The number of carboxylic acids is 1. The lowest BCUT2D eigenvalue weighted by Gasteiger charge is -2.15. The molecule has 0 aromatic heterocycles. The summed E-state index contributed by atoms with van der Waals surface area (Å²) in [6, 6.07) is 0. The Bertz CT molecular complexity index is 299. The minimum Gasteiger partial charge on any atom is -0.479 e. The van der Waals surface area contributed by atoms with Crippen LogP contribution >= 0.6 is 0 Å². The first kappa shape index (κ1) is 19.9. The lowest BCUT2D eigenvalue weighted by molar-refractivity contribution is -0.139. The third-order valence-corrected chi connectivity index (χ3v) is 3.61. The number of aliphatic carboxylic acids is 1. The van der Waals surface area contributed by atoms with Crippen molar-refractivity contribution in [2.45, 2.75) is 83.6 Å². The summed E-state index contributed by atoms with van der Waals surface area (Å²) < 4.78 is 0. The molecule has 0 fully saturated rings. The molecular formula is C18H33NO2. The smallest absolute Gasteiger partial charge is 0.331 e. The number of unbranched alkanes of at least 4 members (excludes halogenated alkanes) is 8. The number of carbonyl (C=O) groups is 1. The molecule has 0 amide bonds. The van der Waals surface area contributed by atoms with Gasteiger partial charge in [0, 0.05) is 0 Å². The van der Waals surface area contributed by atoms with Crippen molar-refractivity contribution in [3.8, 4) is 0 Å². The van der Waals surface area contributed by atoms with E-state index in [0.717, 1.165) is 25.7 Å². The van der Waals surface area contributed by atoms with Crippen molar-refractivity contribution >= 4 is 5.97 Å². The Morgan fingerprint density at radius 1 is 0.905 bits per heavy atom. The number of carboxylic acid groups (broad SMARTS) is 1. The van der Waals surface area contributed by atoms with Crippen molar-refractivity contribution in [3.05, 3.63) is 24.3 Å². The molecule has 0 saturated carbocycles. The zero-order valence-corrected chi connectivity index (χ0v) is 13.8. The molecule has 0 radical (unpaired) electrons. The SMILES string of the molecule is CCCCCC/C=C/C(N)(/C=C/CCCCCC)C(=O)O. The van der Waals surface area contributed by atoms with Crippen LogP contribution in [0.1, 0.15) is 78.1 Å². The van der Waals surface area contributed by atoms with Crippen molar-refractivity contribution in [2.24, 2.45) is 5.73 Å². The number of allylic oxidation sites excluding steroid dienone is 2. The van der Waals surface area contributed by atoms with E-state index >= 15 is 0 Å². The minimum atomic E-state index is -1.35. The van der Waals surface area contributed by atoms with Crippen LogP contribution in [-0.4, -0.2) is 16.6 Å². The van der Waals surface area contributed by atoms with E-state index in [1.165, 1.54) is 38.5 Å². The van der Waals surface area contributed by atoms with Gasteiger partial charge in [-0.25, -0.2) is 4.79 Å². The molecule has 0 saturated heterocycles. The number of rotatable bonds is 13. The zero-order chi connectivity index (χ0) is 16.0. The molecule has 3 N–H and O–H groups in total. The molecule has 0 aliphatic heterocycles. The quantitative estimate of drug-likeness (QED) is 0.378. The second-order valence-electron chi connectivity index (χ2n) is 5.74. The van der Waals surface area contributed by atoms with E-state index in [-0.39, 0.29) is 0 Å². The first-order valence-electron chi connectivity index (χ1n) is 8.44. The highest BCUT2D eigenvalue weighted by atomic mass is 16.4. The fourth-order valence-corrected chi connectivity index (χ4v) is 2.13. The molecule has 0 heterocycles. The van der Waals surface area contributed by atoms with Gasteiger partial charge in [0.2, 0.25) is 0 Å². The van der Waals surface area contributed by atoms with Gasteiger partial charge in [-0.2, -0.15) is 0 Å². The Hall–Kier alpha value is -1.09. The summed E-state index contributed by atoms with van der Waals surface area (Å²) in [4.78, 5) is 11.3. The highest BCUT2D eigenvalue weighted by Crippen LogP contribution is 2.11. The molecule has 3 nitrogen and oxygen atoms in total. The average Bonchev–Trinajstić information content (AvgIpc) is 2.46. The Kier molecular flexibility index (Phi) is 12.0. The largest absolute Gasteiger partial charge is 0.479 e. The first-order valence-corrected chi connectivity index (χ1v) is 8.44. The van der Waals surface area contributed by atoms with Gasteiger partial charge in [-0.3, -0.25) is 0 Å². The molecule has 0 rings (SSSR count). The van der Waals surface area contributed by atoms with E-state index in [9.17, 15) is 9.90 Å². The topological polar surface area (TPSA) is 63.3 Å². The van der Waals surface area contributed by atoms with Gasteiger partial charge >= 0.3 is 5.97 Å². The highest BCUT2D eigenvalue weighted by Gasteiger charge is 2.26. The summed E-state index contributed by atoms with van der Waals surface area (Å²) >= 11 is 0. The van der Waals surface area contributed by atoms with Crippen molar-refractivity contribution in [3.63, 3.8) is 0 Å². The second kappa shape index (κ2) is 12.6. The van der Waals surface area contributed by atoms with Crippen LogP contribution in [0.4, 0.5) is 0 Å². The molecule has 21 heavy (non-hydrogen) atoms. The van der Waals surface area contributed by atoms with Crippen molar-refractivity contribution < 1.29 is 9.90 Å². The van der Waals surface area contributed by atoms with Crippen LogP contribution in [0, 0.1) is 0 Å². The Labute approximate surface area is 130 Å². The van der Waals surface area contributed by atoms with Crippen LogP contribution in [0.5, 0.6) is 0 Å². The van der Waals surface area contributed by atoms with E-state index in [2.05, 4.69) is 13.8 Å². The Morgan fingerprint density at radius 3 is 1.67 bits per heavy atom. The van der Waals surface area contributed by atoms with E-state index in [1.807, 2.05) is 12.2 Å². The van der Waals surface area contributed by atoms with E-state index in [0.29, 0.717) is 0 Å². The maximum absolute atomic E-state index is 11.3. The summed E-state index contributed by atoms with van der Waals surface area (Å²) in [5, 5.41) is 9.29. The van der Waals surface area contributed by atoms with E-state index in [4.69, 9.17) is 5.73 Å². The summed E-state index contributed by atoms with van der Waals surface area (Å²) in [6.45, 7) is 4.35. The minimum absolute atomic E-state index is 0.899. The van der Waals surface area contributed by atoms with Gasteiger partial charge in [0.05, 0.1) is 0 Å². The van der Waals surface area contributed by atoms with Gasteiger partial charge in [0.1, 0.15) is 0 Å². The normalized spacial score (nSPS) is 12.5. The van der Waals surface area contributed by atoms with Crippen LogP contribution in [0.2, 0.25) is 0 Å². The monoisotopic (exact) mass is 295 g/mol. The molecule has 3 heteroatoms. The van der Waals surface area contributed by atoms with Crippen molar-refractivity contribution in [1.29, 1.82) is 0 Å². The van der Waals surface area contributed by atoms with Gasteiger partial charge in [-0.1, -0.05) is 76.7 Å². The highest BCUT2D eigenvalue weighted by molar-refractivity contribution is 5.83. The van der Waals surface area contributed by atoms with Crippen LogP contribution in [0.25, 0.3) is 0 Å². The molecular weight excluding hydrogens is 262 g/mol. The van der Waals surface area contributed by atoms with Crippen molar-refractivity contribution in [1.82, 2.24) is 0 Å². The fourth-order valence-electron chi connectivity index (χ4n) is 2.13. The lowest BCUT2D eigenvalue weighted by atomic mass is 9.98. The third-order valence-electron chi connectivity index (χ3n) is 3.61. The van der Waals surface area contributed by atoms with Gasteiger partial charge in [0.15, 0.2) is 5.54 Å². The molecule has 0 atom stereocenters. The molecule has 0 bridgehead atoms. The van der Waals surface area contributed by atoms with Crippen LogP contribution in [0.15, 0.2) is 24.3 Å². The third kappa shape index (κ3) is 10.3. The summed E-state index contributed by atoms with van der Waals surface area (Å²) in [6.07, 6.45) is 18.3. The van der Waals surface area contributed by atoms with Gasteiger partial charge in [0.25, 0.3) is 0 Å². The fraction of sp³-hybridized carbons (Fsp3) is 0.722. The van der Waals surface area contributed by atoms with Gasteiger partial charge in [-0.05, 0) is 25.7 Å². The summed E-state index contributed by atoms with van der Waals surface area (Å²) in [5.41, 5.74) is 4.60. The first-order chi connectivity index (χ1) is 10.1. The standard InChI is InChI=1S/C18H33NO2/c1-3-5-7-9-11-13-15-18(19,17(20)21)16-14-12-10-8-6-4-2/h13-16H,3-12,19H2,1-2H3,(H,20,21)/b15-13+,16-14+. The Morgan fingerprint density at radius 2 is 1.33 bits per heavy atom. The molecule has 0 spiro atoms. The van der Waals surface area contributed by atoms with Crippen LogP contribution in [0.3, 0.4) is 0 Å². The predicted molar refractivity (Wildman–Crippen MR) is 90.4 cm³/mol. The molecule has 0 unspecified atom stereocenters. The lowest BCUT2D eigenvalue weighted by Crippen LogP contribution is -2.44. The second-order valence-corrected chi connectivity index (χ2v) is 5.74. The van der Waals surface area contributed by atoms with E-state index < -0.39 is 11.5 Å². The summed E-state index contributed by atoms with van der Waals surface area (Å²) in [5.74, 6) is -0.989. The maximum atomic E-state index is 11.3. The van der Waals surface area contributed by atoms with Crippen molar-refractivity contribution in [2.75, 3.05) is 0 Å². The van der Waals surface area contributed by atoms with E-state index in [1.54, 1.807) is 12.2 Å². The predicted octanol–water partition coefficient (Wildman–Crippen LogP) is 4.82. The van der Waals surface area contributed by atoms with Gasteiger partial charge < -0.3 is 10.8 Å². The van der Waals surface area contributed by atoms with Crippen LogP contribution in [-0.2, 0) is 4.79 Å². The molecule has 122 valence electrons. The average molecular weight is 295 g/mol. The molecule has 0 aromatic carbocycles. The number of nitrogens with two attached hydrogens (primary N) is 1. The maximum Gasteiger partial charge on any atom is 0.331 e. The van der Waals surface area contributed by atoms with Crippen LogP contribution < -0.4 is 5.73 Å². The number of hydrogen-bond donors (Lipinski definition) is 2. The Balaban J connectivity index is 4.19. The molecule has 0 aromatic rings. The molecule has 0 aliphatic rings. The van der Waals surface area contributed by atoms with Gasteiger partial charge in [-0.15, -0.1) is 0 Å². The summed E-state index contributed by atoms with van der Waals surface area (Å²) in [7, 11) is 0.